The van der Waals surface area contributed by atoms with Crippen LogP contribution in [-0.4, -0.2) is 65.0 Å². The van der Waals surface area contributed by atoms with Crippen LogP contribution in [0.5, 0.6) is 0 Å². The van der Waals surface area contributed by atoms with Crippen molar-refractivity contribution in [1.82, 2.24) is 19.7 Å². The number of carbonyl (C=O) groups excluding carboxylic acids is 1. The standard InChI is InChI=1S/C23H31N5O2S/c1-5-28-20(15-18(4)25-28)22(29)27(8-6-7-26-9-11-30-12-10-26)23-24-19-14-16(2)13-17(3)21(19)31-23/h13-15H,5-12H2,1-4H3. The van der Waals surface area contributed by atoms with E-state index in [-0.39, 0.29) is 5.91 Å². The summed E-state index contributed by atoms with van der Waals surface area (Å²) in [5, 5.41) is 5.24. The largest absolute Gasteiger partial charge is 0.379 e. The minimum atomic E-state index is -0.0298. The number of nitrogens with zero attached hydrogens (tertiary/aromatic N) is 5. The van der Waals surface area contributed by atoms with Crippen LogP contribution in [0.2, 0.25) is 0 Å². The molecule has 1 saturated heterocycles. The van der Waals surface area contributed by atoms with Crippen LogP contribution in [0.15, 0.2) is 18.2 Å². The molecule has 1 aliphatic heterocycles. The molecule has 166 valence electrons. The number of benzene rings is 1. The second-order valence-electron chi connectivity index (χ2n) is 8.18. The molecule has 2 aromatic heterocycles. The van der Waals surface area contributed by atoms with E-state index >= 15 is 0 Å². The Morgan fingerprint density at radius 3 is 2.71 bits per heavy atom. The van der Waals surface area contributed by atoms with Gasteiger partial charge < -0.3 is 4.74 Å². The molecule has 0 aliphatic carbocycles. The Kier molecular flexibility index (Phi) is 6.69. The van der Waals surface area contributed by atoms with Gasteiger partial charge in [-0.3, -0.25) is 19.3 Å². The molecule has 31 heavy (non-hydrogen) atoms. The Morgan fingerprint density at radius 2 is 1.97 bits per heavy atom. The number of aryl methyl sites for hydroxylation is 4. The molecule has 0 spiro atoms. The van der Waals surface area contributed by atoms with Crippen molar-refractivity contribution < 1.29 is 9.53 Å². The smallest absolute Gasteiger partial charge is 0.278 e. The highest BCUT2D eigenvalue weighted by Gasteiger charge is 2.25. The summed E-state index contributed by atoms with van der Waals surface area (Å²) in [6.07, 6.45) is 0.888. The molecule has 1 amide bonds. The number of aromatic nitrogens is 3. The quantitative estimate of drug-likeness (QED) is 0.558. The van der Waals surface area contributed by atoms with Crippen molar-refractivity contribution in [3.8, 4) is 0 Å². The Hall–Kier alpha value is -2.29. The van der Waals surface area contributed by atoms with Crippen LogP contribution in [-0.2, 0) is 11.3 Å². The van der Waals surface area contributed by atoms with Crippen LogP contribution < -0.4 is 4.90 Å². The molecule has 1 aromatic carbocycles. The molecule has 8 heteroatoms. The molecule has 0 unspecified atom stereocenters. The maximum atomic E-state index is 13.6. The molecule has 7 nitrogen and oxygen atoms in total. The second kappa shape index (κ2) is 9.46. The van der Waals surface area contributed by atoms with Crippen molar-refractivity contribution in [2.45, 2.75) is 40.7 Å². The van der Waals surface area contributed by atoms with Crippen molar-refractivity contribution in [2.75, 3.05) is 44.3 Å². The molecule has 3 aromatic rings. The Labute approximate surface area is 187 Å². The molecule has 1 fully saturated rings. The summed E-state index contributed by atoms with van der Waals surface area (Å²) in [7, 11) is 0. The van der Waals surface area contributed by atoms with Gasteiger partial charge in [0.2, 0.25) is 0 Å². The number of hydrogen-bond donors (Lipinski definition) is 0. The molecule has 4 rings (SSSR count). The predicted molar refractivity (Wildman–Crippen MR) is 125 cm³/mol. The zero-order chi connectivity index (χ0) is 22.0. The van der Waals surface area contributed by atoms with E-state index in [1.807, 2.05) is 24.8 Å². The van der Waals surface area contributed by atoms with Crippen molar-refractivity contribution >= 4 is 32.6 Å². The van der Waals surface area contributed by atoms with Gasteiger partial charge in [0.05, 0.1) is 29.1 Å². The van der Waals surface area contributed by atoms with Crippen molar-refractivity contribution in [2.24, 2.45) is 0 Å². The van der Waals surface area contributed by atoms with Gasteiger partial charge in [-0.2, -0.15) is 5.10 Å². The van der Waals surface area contributed by atoms with Gasteiger partial charge in [0.1, 0.15) is 5.69 Å². The third kappa shape index (κ3) is 4.81. The minimum absolute atomic E-state index is 0.0298. The van der Waals surface area contributed by atoms with Gasteiger partial charge in [-0.15, -0.1) is 0 Å². The first-order valence-electron chi connectivity index (χ1n) is 11.0. The van der Waals surface area contributed by atoms with E-state index in [9.17, 15) is 4.79 Å². The maximum Gasteiger partial charge on any atom is 0.278 e. The summed E-state index contributed by atoms with van der Waals surface area (Å²) in [5.74, 6) is -0.0298. The van der Waals surface area contributed by atoms with E-state index in [4.69, 9.17) is 9.72 Å². The average Bonchev–Trinajstić information content (AvgIpc) is 3.35. The topological polar surface area (TPSA) is 63.5 Å². The highest BCUT2D eigenvalue weighted by molar-refractivity contribution is 7.22. The third-order valence-electron chi connectivity index (χ3n) is 5.67. The fourth-order valence-electron chi connectivity index (χ4n) is 4.14. The summed E-state index contributed by atoms with van der Waals surface area (Å²) >= 11 is 1.60. The van der Waals surface area contributed by atoms with Crippen LogP contribution in [0, 0.1) is 20.8 Å². The van der Waals surface area contributed by atoms with Crippen molar-refractivity contribution in [3.05, 3.63) is 40.7 Å². The van der Waals surface area contributed by atoms with Gasteiger partial charge in [0.15, 0.2) is 5.13 Å². The normalized spacial score (nSPS) is 15.0. The molecular formula is C23H31N5O2S. The number of hydrogen-bond acceptors (Lipinski definition) is 6. The molecule has 1 aliphatic rings. The molecule has 0 bridgehead atoms. The van der Waals surface area contributed by atoms with Crippen LogP contribution in [0.1, 0.15) is 40.7 Å². The molecular weight excluding hydrogens is 410 g/mol. The Balaban J connectivity index is 1.63. The summed E-state index contributed by atoms with van der Waals surface area (Å²) in [6.45, 7) is 13.8. The lowest BCUT2D eigenvalue weighted by atomic mass is 10.1. The van der Waals surface area contributed by atoms with E-state index in [2.05, 4.69) is 36.0 Å². The maximum absolute atomic E-state index is 13.6. The first kappa shape index (κ1) is 21.9. The van der Waals surface area contributed by atoms with Gasteiger partial charge in [-0.05, 0) is 57.4 Å². The van der Waals surface area contributed by atoms with E-state index in [1.54, 1.807) is 16.0 Å². The highest BCUT2D eigenvalue weighted by atomic mass is 32.1. The second-order valence-corrected chi connectivity index (χ2v) is 9.16. The van der Waals surface area contributed by atoms with Crippen LogP contribution in [0.4, 0.5) is 5.13 Å². The van der Waals surface area contributed by atoms with Crippen LogP contribution >= 0.6 is 11.3 Å². The molecule has 3 heterocycles. The van der Waals surface area contributed by atoms with E-state index < -0.39 is 0 Å². The summed E-state index contributed by atoms with van der Waals surface area (Å²) in [6, 6.07) is 6.15. The lowest BCUT2D eigenvalue weighted by Gasteiger charge is -2.27. The molecule has 0 saturated carbocycles. The molecule has 0 N–H and O–H groups in total. The highest BCUT2D eigenvalue weighted by Crippen LogP contribution is 2.33. The number of ether oxygens (including phenoxy) is 1. The Morgan fingerprint density at radius 1 is 1.19 bits per heavy atom. The number of amides is 1. The summed E-state index contributed by atoms with van der Waals surface area (Å²) in [4.78, 5) is 22.8. The molecule has 0 atom stereocenters. The zero-order valence-corrected chi connectivity index (χ0v) is 19.7. The predicted octanol–water partition coefficient (Wildman–Crippen LogP) is 3.81. The van der Waals surface area contributed by atoms with Crippen LogP contribution in [0.25, 0.3) is 10.2 Å². The number of anilines is 1. The van der Waals surface area contributed by atoms with Gasteiger partial charge >= 0.3 is 0 Å². The zero-order valence-electron chi connectivity index (χ0n) is 18.8. The van der Waals surface area contributed by atoms with Crippen LogP contribution in [0.3, 0.4) is 0 Å². The number of fused-ring (bicyclic) bond motifs is 1. The average molecular weight is 442 g/mol. The van der Waals surface area contributed by atoms with Gasteiger partial charge in [0.25, 0.3) is 5.91 Å². The fraction of sp³-hybridized carbons (Fsp3) is 0.522. The third-order valence-corrected chi connectivity index (χ3v) is 6.89. The first-order chi connectivity index (χ1) is 15.0. The van der Waals surface area contributed by atoms with E-state index in [1.165, 1.54) is 11.1 Å². The summed E-state index contributed by atoms with van der Waals surface area (Å²) < 4.78 is 8.38. The Bertz CT molecular complexity index is 1070. The van der Waals surface area contributed by atoms with Gasteiger partial charge in [-0.25, -0.2) is 4.98 Å². The van der Waals surface area contributed by atoms with E-state index in [0.717, 1.165) is 60.3 Å². The van der Waals surface area contributed by atoms with Crippen molar-refractivity contribution in [3.63, 3.8) is 0 Å². The SMILES string of the molecule is CCn1nc(C)cc1C(=O)N(CCCN1CCOCC1)c1nc2cc(C)cc(C)c2s1. The number of carbonyl (C=O) groups is 1. The van der Waals surface area contributed by atoms with E-state index in [0.29, 0.717) is 18.8 Å². The fourth-order valence-corrected chi connectivity index (χ4v) is 5.18. The van der Waals surface area contributed by atoms with Gasteiger partial charge in [-0.1, -0.05) is 17.4 Å². The number of morpholine rings is 1. The lowest BCUT2D eigenvalue weighted by Crippen LogP contribution is -2.39. The lowest BCUT2D eigenvalue weighted by molar-refractivity contribution is 0.0376. The monoisotopic (exact) mass is 441 g/mol. The number of thiazole rings is 1. The molecule has 0 radical (unpaired) electrons. The van der Waals surface area contributed by atoms with Crippen molar-refractivity contribution in [1.29, 1.82) is 0 Å². The minimum Gasteiger partial charge on any atom is -0.379 e. The van der Waals surface area contributed by atoms with Gasteiger partial charge in [0, 0.05) is 32.7 Å². The summed E-state index contributed by atoms with van der Waals surface area (Å²) in [5.41, 5.74) is 4.83. The number of rotatable bonds is 7. The first-order valence-corrected chi connectivity index (χ1v) is 11.8.